The molecule has 0 aliphatic heterocycles. The zero-order valence-corrected chi connectivity index (χ0v) is 11.5. The monoisotopic (exact) mass is 242 g/mol. The summed E-state index contributed by atoms with van der Waals surface area (Å²) < 4.78 is 5.65. The molecule has 0 saturated heterocycles. The lowest BCUT2D eigenvalue weighted by Gasteiger charge is -2.09. The highest BCUT2D eigenvalue weighted by molar-refractivity contribution is 7.12. The lowest BCUT2D eigenvalue weighted by molar-refractivity contribution is 0.105. The second-order valence-electron chi connectivity index (χ2n) is 4.18. The van der Waals surface area contributed by atoms with Crippen LogP contribution in [0.5, 0.6) is 0 Å². The summed E-state index contributed by atoms with van der Waals surface area (Å²) in [4.78, 5) is 4.88. The molecule has 1 heterocycles. The van der Waals surface area contributed by atoms with Crippen molar-refractivity contribution < 1.29 is 4.74 Å². The molecule has 0 spiro atoms. The Hall–Kier alpha value is -0.420. The van der Waals surface area contributed by atoms with E-state index < -0.39 is 0 Å². The smallest absolute Gasteiger partial charge is 0.0728 e. The van der Waals surface area contributed by atoms with Crippen LogP contribution in [0.25, 0.3) is 0 Å². The number of ether oxygens (including phenoxy) is 1. The minimum Gasteiger partial charge on any atom is -0.375 e. The van der Waals surface area contributed by atoms with E-state index in [0.717, 1.165) is 26.3 Å². The fourth-order valence-corrected chi connectivity index (χ4v) is 2.48. The van der Waals surface area contributed by atoms with Crippen LogP contribution in [0.3, 0.4) is 0 Å². The highest BCUT2D eigenvalue weighted by Gasteiger charge is 2.04. The Bertz CT molecular complexity index is 310. The molecule has 0 unspecified atom stereocenters. The molecule has 0 amide bonds. The van der Waals surface area contributed by atoms with Gasteiger partial charge in [0.1, 0.15) is 0 Å². The molecule has 0 bridgehead atoms. The van der Waals surface area contributed by atoms with Gasteiger partial charge in [0.2, 0.25) is 0 Å². The number of nitrogens with zero attached hydrogens (tertiary/aromatic N) is 1. The zero-order valence-electron chi connectivity index (χ0n) is 10.7. The highest BCUT2D eigenvalue weighted by atomic mass is 32.1. The minimum atomic E-state index is 0.736. The van der Waals surface area contributed by atoms with Gasteiger partial charge in [-0.05, 0) is 39.7 Å². The maximum Gasteiger partial charge on any atom is 0.0728 e. The quantitative estimate of drug-likeness (QED) is 0.739. The van der Waals surface area contributed by atoms with Crippen molar-refractivity contribution in [2.75, 3.05) is 34.3 Å². The summed E-state index contributed by atoms with van der Waals surface area (Å²) in [7, 11) is 6.09. The molecule has 92 valence electrons. The van der Waals surface area contributed by atoms with Crippen molar-refractivity contribution in [3.63, 3.8) is 0 Å². The van der Waals surface area contributed by atoms with Gasteiger partial charge in [0, 0.05) is 22.8 Å². The summed E-state index contributed by atoms with van der Waals surface area (Å²) in [6, 6.07) is 2.24. The summed E-state index contributed by atoms with van der Waals surface area (Å²) in [5.74, 6) is 0. The third-order valence-corrected chi connectivity index (χ3v) is 3.46. The van der Waals surface area contributed by atoms with Gasteiger partial charge in [-0.15, -0.1) is 11.3 Å². The molecule has 3 nitrogen and oxygen atoms in total. The number of hydrogen-bond acceptors (Lipinski definition) is 4. The average Bonchev–Trinajstić information content (AvgIpc) is 2.54. The molecule has 0 radical (unpaired) electrons. The second kappa shape index (κ2) is 7.01. The number of thiophene rings is 1. The van der Waals surface area contributed by atoms with Crippen molar-refractivity contribution >= 4 is 11.3 Å². The molecule has 1 rings (SSSR count). The zero-order chi connectivity index (χ0) is 12.0. The standard InChI is InChI=1S/C12H22N2OS/c1-10-11(7-12(16-10)8-13-2)9-15-6-5-14(3)4/h7,13H,5-6,8-9H2,1-4H3. The van der Waals surface area contributed by atoms with E-state index in [1.54, 1.807) is 0 Å². The van der Waals surface area contributed by atoms with Crippen molar-refractivity contribution in [1.82, 2.24) is 10.2 Å². The van der Waals surface area contributed by atoms with Crippen molar-refractivity contribution in [2.24, 2.45) is 0 Å². The molecule has 0 atom stereocenters. The molecule has 0 aliphatic rings. The van der Waals surface area contributed by atoms with Crippen LogP contribution < -0.4 is 5.32 Å². The molecule has 0 aliphatic carbocycles. The molecule has 1 aromatic heterocycles. The van der Waals surface area contributed by atoms with Crippen molar-refractivity contribution in [2.45, 2.75) is 20.1 Å². The largest absolute Gasteiger partial charge is 0.375 e. The normalized spacial score (nSPS) is 11.3. The van der Waals surface area contributed by atoms with E-state index in [1.165, 1.54) is 15.3 Å². The van der Waals surface area contributed by atoms with Gasteiger partial charge in [-0.3, -0.25) is 0 Å². The fraction of sp³-hybridized carbons (Fsp3) is 0.667. The molecule has 1 N–H and O–H groups in total. The van der Waals surface area contributed by atoms with Crippen LogP contribution in [-0.4, -0.2) is 39.2 Å². The van der Waals surface area contributed by atoms with E-state index in [1.807, 2.05) is 18.4 Å². The van der Waals surface area contributed by atoms with Crippen LogP contribution in [0.4, 0.5) is 0 Å². The fourth-order valence-electron chi connectivity index (χ4n) is 1.42. The number of likely N-dealkylation sites (N-methyl/N-ethyl adjacent to an activating group) is 1. The lowest BCUT2D eigenvalue weighted by atomic mass is 10.2. The van der Waals surface area contributed by atoms with Crippen molar-refractivity contribution in [3.8, 4) is 0 Å². The molecular formula is C12H22N2OS. The van der Waals surface area contributed by atoms with Crippen LogP contribution in [0.1, 0.15) is 15.3 Å². The Kier molecular flexibility index (Phi) is 5.98. The highest BCUT2D eigenvalue weighted by Crippen LogP contribution is 2.22. The number of nitrogens with one attached hydrogen (secondary N) is 1. The Balaban J connectivity index is 2.35. The predicted molar refractivity (Wildman–Crippen MR) is 70.0 cm³/mol. The summed E-state index contributed by atoms with van der Waals surface area (Å²) >= 11 is 1.85. The van der Waals surface area contributed by atoms with Crippen LogP contribution in [0.2, 0.25) is 0 Å². The van der Waals surface area contributed by atoms with Gasteiger partial charge in [-0.1, -0.05) is 0 Å². The van der Waals surface area contributed by atoms with Gasteiger partial charge in [0.05, 0.1) is 13.2 Å². The van der Waals surface area contributed by atoms with Gasteiger partial charge in [-0.2, -0.15) is 0 Å². The van der Waals surface area contributed by atoms with Crippen LogP contribution in [-0.2, 0) is 17.9 Å². The average molecular weight is 242 g/mol. The topological polar surface area (TPSA) is 24.5 Å². The maximum absolute atomic E-state index is 5.65. The first-order chi connectivity index (χ1) is 7.63. The third-order valence-electron chi connectivity index (χ3n) is 2.36. The third kappa shape index (κ3) is 4.61. The molecular weight excluding hydrogens is 220 g/mol. The Morgan fingerprint density at radius 3 is 2.81 bits per heavy atom. The molecule has 0 aromatic carbocycles. The summed E-state index contributed by atoms with van der Waals surface area (Å²) in [5.41, 5.74) is 1.33. The van der Waals surface area contributed by atoms with Crippen molar-refractivity contribution in [3.05, 3.63) is 21.4 Å². The first-order valence-electron chi connectivity index (χ1n) is 5.58. The van der Waals surface area contributed by atoms with Crippen LogP contribution >= 0.6 is 11.3 Å². The Morgan fingerprint density at radius 1 is 1.44 bits per heavy atom. The van der Waals surface area contributed by atoms with E-state index in [4.69, 9.17) is 4.74 Å². The van der Waals surface area contributed by atoms with Gasteiger partial charge < -0.3 is 15.0 Å². The summed E-state index contributed by atoms with van der Waals surface area (Å²) in [6.45, 7) is 5.62. The summed E-state index contributed by atoms with van der Waals surface area (Å²) in [5, 5.41) is 3.17. The Morgan fingerprint density at radius 2 is 2.19 bits per heavy atom. The van der Waals surface area contributed by atoms with Crippen molar-refractivity contribution in [1.29, 1.82) is 0 Å². The number of aryl methyl sites for hydroxylation is 1. The lowest BCUT2D eigenvalue weighted by Crippen LogP contribution is -2.17. The predicted octanol–water partition coefficient (Wildman–Crippen LogP) is 1.85. The SMILES string of the molecule is CNCc1cc(COCCN(C)C)c(C)s1. The second-order valence-corrected chi connectivity index (χ2v) is 5.52. The van der Waals surface area contributed by atoms with E-state index in [0.29, 0.717) is 0 Å². The van der Waals surface area contributed by atoms with Gasteiger partial charge >= 0.3 is 0 Å². The molecule has 0 saturated carbocycles. The summed E-state index contributed by atoms with van der Waals surface area (Å²) in [6.07, 6.45) is 0. The van der Waals surface area contributed by atoms with E-state index >= 15 is 0 Å². The number of rotatable bonds is 7. The van der Waals surface area contributed by atoms with Crippen LogP contribution in [0, 0.1) is 6.92 Å². The molecule has 1 aromatic rings. The van der Waals surface area contributed by atoms with Gasteiger partial charge in [0.15, 0.2) is 0 Å². The Labute approximate surface area is 102 Å². The molecule has 0 fully saturated rings. The van der Waals surface area contributed by atoms with E-state index in [2.05, 4.69) is 37.3 Å². The van der Waals surface area contributed by atoms with E-state index in [9.17, 15) is 0 Å². The first-order valence-corrected chi connectivity index (χ1v) is 6.40. The number of hydrogen-bond donors (Lipinski definition) is 1. The first kappa shape index (κ1) is 13.6. The van der Waals surface area contributed by atoms with E-state index in [-0.39, 0.29) is 0 Å². The minimum absolute atomic E-state index is 0.736. The molecule has 16 heavy (non-hydrogen) atoms. The van der Waals surface area contributed by atoms with Gasteiger partial charge in [0.25, 0.3) is 0 Å². The van der Waals surface area contributed by atoms with Crippen LogP contribution in [0.15, 0.2) is 6.07 Å². The molecule has 4 heteroatoms. The van der Waals surface area contributed by atoms with Gasteiger partial charge in [-0.25, -0.2) is 0 Å². The maximum atomic E-state index is 5.65.